The van der Waals surface area contributed by atoms with E-state index < -0.39 is 41.8 Å². The van der Waals surface area contributed by atoms with Crippen LogP contribution < -0.4 is 21.7 Å². The summed E-state index contributed by atoms with van der Waals surface area (Å²) < 4.78 is 5.38. The molecule has 4 heterocycles. The van der Waals surface area contributed by atoms with E-state index in [4.69, 9.17) is 10.5 Å². The van der Waals surface area contributed by atoms with Gasteiger partial charge in [-0.05, 0) is 151 Å². The summed E-state index contributed by atoms with van der Waals surface area (Å²) in [7, 11) is 1.51. The molecule has 368 valence electrons. The first kappa shape index (κ1) is 52.1. The Bertz CT molecular complexity index is 2070. The van der Waals surface area contributed by atoms with Gasteiger partial charge in [0.2, 0.25) is 29.5 Å². The number of carbonyl (C=O) groups excluding carboxylic acids is 6. The van der Waals surface area contributed by atoms with E-state index >= 15 is 0 Å². The van der Waals surface area contributed by atoms with Crippen LogP contribution in [0.2, 0.25) is 0 Å². The van der Waals surface area contributed by atoms with Crippen molar-refractivity contribution in [2.75, 3.05) is 18.6 Å². The number of fused-ring (bicyclic) bond motifs is 4. The van der Waals surface area contributed by atoms with E-state index in [1.165, 1.54) is 28.6 Å². The molecule has 0 bridgehead atoms. The Morgan fingerprint density at radius 1 is 0.672 bits per heavy atom. The Hall–Kier alpha value is -4.28. The highest BCUT2D eigenvalue weighted by Crippen LogP contribution is 2.38. The molecule has 14 nitrogen and oxygen atoms in total. The van der Waals surface area contributed by atoms with Gasteiger partial charge in [0.05, 0.1) is 28.9 Å². The molecule has 9 atom stereocenters. The van der Waals surface area contributed by atoms with Crippen LogP contribution in [0, 0.1) is 0 Å². The minimum absolute atomic E-state index is 0.0144. The number of aryl methyl sites for hydroxylation is 2. The normalized spacial score (nSPS) is 27.4. The Balaban J connectivity index is 0.000000229. The van der Waals surface area contributed by atoms with Crippen molar-refractivity contribution in [1.82, 2.24) is 30.7 Å². The van der Waals surface area contributed by atoms with Gasteiger partial charge < -0.3 is 36.2 Å². The quantitative estimate of drug-likeness (QED) is 0.223. The molecule has 2 aliphatic carbocycles. The Labute approximate surface area is 406 Å². The standard InChI is InChI=1S/C29H42N4O5S.C20H27N3O2S.C2H6/c1-18(32(5)28(37)38-29(2,3)4)25(34)31-22-16-17-39-24-15-9-14-23(33(24)27(22)36)26(35)30-21-13-8-11-19-10-6-7-12-20(19)21;21-15-11-12-26-18-10-4-9-17(23(18)20(15)25)19(24)22-16-8-3-6-13-5-1-2-7-14(13)16;1-2/h6-7,10,12,18,21-24H,8-9,11,13-17H2,1-5H3,(H,30,35)(H,31,34);1-2,5,7,15-18H,3-4,6,8-12,21H2,(H,22,24);1-2H3/t18-,21+,22-,23?,24-;15-,16+,17?,18-;/m00./s1. The third-order valence-electron chi connectivity index (χ3n) is 13.7. The number of rotatable bonds is 7. The predicted molar refractivity (Wildman–Crippen MR) is 266 cm³/mol. The second-order valence-electron chi connectivity index (χ2n) is 19.4. The van der Waals surface area contributed by atoms with Crippen LogP contribution >= 0.6 is 23.5 Å². The smallest absolute Gasteiger partial charge is 0.410 e. The molecule has 0 radical (unpaired) electrons. The van der Waals surface area contributed by atoms with Gasteiger partial charge in [-0.2, -0.15) is 0 Å². The molecule has 6 amide bonds. The molecule has 4 saturated heterocycles. The number of amides is 6. The monoisotopic (exact) mass is 962 g/mol. The fourth-order valence-corrected chi connectivity index (χ4v) is 12.9. The lowest BCUT2D eigenvalue weighted by Gasteiger charge is -2.41. The number of hydrogen-bond acceptors (Lipinski definition) is 10. The van der Waals surface area contributed by atoms with Crippen molar-refractivity contribution in [2.45, 2.75) is 190 Å². The first-order valence-electron chi connectivity index (χ1n) is 24.8. The van der Waals surface area contributed by atoms with Gasteiger partial charge in [0.15, 0.2) is 0 Å². The van der Waals surface area contributed by atoms with Crippen molar-refractivity contribution in [3.05, 3.63) is 70.8 Å². The number of benzene rings is 2. The number of hydrogen-bond donors (Lipinski definition) is 4. The second kappa shape index (κ2) is 23.8. The van der Waals surface area contributed by atoms with Crippen LogP contribution in [0.3, 0.4) is 0 Å². The zero-order valence-electron chi connectivity index (χ0n) is 40.7. The predicted octanol–water partition coefficient (Wildman–Crippen LogP) is 7.14. The zero-order valence-corrected chi connectivity index (χ0v) is 42.4. The second-order valence-corrected chi connectivity index (χ2v) is 21.9. The summed E-state index contributed by atoms with van der Waals surface area (Å²) in [6.07, 6.45) is 11.5. The highest BCUT2D eigenvalue weighted by molar-refractivity contribution is 8.00. The van der Waals surface area contributed by atoms with Gasteiger partial charge in [-0.3, -0.25) is 28.9 Å². The van der Waals surface area contributed by atoms with Crippen LogP contribution in [0.5, 0.6) is 0 Å². The van der Waals surface area contributed by atoms with Crippen LogP contribution in [0.4, 0.5) is 4.79 Å². The first-order valence-corrected chi connectivity index (χ1v) is 26.9. The van der Waals surface area contributed by atoms with E-state index in [9.17, 15) is 28.8 Å². The largest absolute Gasteiger partial charge is 0.444 e. The van der Waals surface area contributed by atoms with Crippen molar-refractivity contribution >= 4 is 59.2 Å². The van der Waals surface area contributed by atoms with Gasteiger partial charge in [-0.25, -0.2) is 4.79 Å². The Morgan fingerprint density at radius 3 is 1.66 bits per heavy atom. The molecule has 67 heavy (non-hydrogen) atoms. The molecule has 2 aromatic rings. The maximum Gasteiger partial charge on any atom is 0.410 e. The lowest BCUT2D eigenvalue weighted by molar-refractivity contribution is -0.146. The molecule has 0 saturated carbocycles. The number of nitrogens with zero attached hydrogens (tertiary/aromatic N) is 3. The molecule has 5 N–H and O–H groups in total. The number of carbonyl (C=O) groups is 6. The summed E-state index contributed by atoms with van der Waals surface area (Å²) in [5, 5.41) is 9.37. The molecule has 4 fully saturated rings. The minimum Gasteiger partial charge on any atom is -0.444 e. The van der Waals surface area contributed by atoms with E-state index in [0.29, 0.717) is 25.0 Å². The van der Waals surface area contributed by atoms with E-state index in [1.807, 2.05) is 32.0 Å². The lowest BCUT2D eigenvalue weighted by atomic mass is 9.87. The number of thioether (sulfide) groups is 2. The number of likely N-dealkylation sites (N-methyl/N-ethyl adjacent to an activating group) is 1. The van der Waals surface area contributed by atoms with Gasteiger partial charge in [-0.1, -0.05) is 62.4 Å². The third kappa shape index (κ3) is 12.9. The van der Waals surface area contributed by atoms with E-state index in [0.717, 1.165) is 81.9 Å². The van der Waals surface area contributed by atoms with Crippen molar-refractivity contribution in [2.24, 2.45) is 5.73 Å². The average molecular weight is 962 g/mol. The van der Waals surface area contributed by atoms with E-state index in [-0.39, 0.29) is 52.5 Å². The van der Waals surface area contributed by atoms with E-state index in [1.54, 1.807) is 61.0 Å². The van der Waals surface area contributed by atoms with Gasteiger partial charge >= 0.3 is 6.09 Å². The molecule has 2 unspecified atom stereocenters. The molecular formula is C51H75N7O7S2. The van der Waals surface area contributed by atoms with Crippen LogP contribution in [-0.2, 0) is 41.6 Å². The average Bonchev–Trinajstić information content (AvgIpc) is 3.58. The molecule has 16 heteroatoms. The first-order chi connectivity index (χ1) is 32.1. The van der Waals surface area contributed by atoms with E-state index in [2.05, 4.69) is 46.3 Å². The summed E-state index contributed by atoms with van der Waals surface area (Å²) in [6, 6.07) is 13.6. The molecule has 0 spiro atoms. The highest BCUT2D eigenvalue weighted by atomic mass is 32.2. The highest BCUT2D eigenvalue weighted by Gasteiger charge is 2.45. The summed E-state index contributed by atoms with van der Waals surface area (Å²) >= 11 is 3.45. The summed E-state index contributed by atoms with van der Waals surface area (Å²) in [4.78, 5) is 83.8. The summed E-state index contributed by atoms with van der Waals surface area (Å²) in [6.45, 7) is 10.9. The Kier molecular flexibility index (Phi) is 18.5. The molecular weight excluding hydrogens is 887 g/mol. The topological polar surface area (TPSA) is 183 Å². The molecule has 2 aromatic carbocycles. The van der Waals surface area contributed by atoms with Crippen molar-refractivity contribution in [3.63, 3.8) is 0 Å². The fraction of sp³-hybridized carbons (Fsp3) is 0.647. The maximum absolute atomic E-state index is 13.8. The molecule has 8 rings (SSSR count). The lowest BCUT2D eigenvalue weighted by Crippen LogP contribution is -2.60. The number of nitrogens with two attached hydrogens (primary N) is 1. The molecule has 0 aromatic heterocycles. The maximum atomic E-state index is 13.8. The van der Waals surface area contributed by atoms with Crippen LogP contribution in [0.15, 0.2) is 48.5 Å². The van der Waals surface area contributed by atoms with Gasteiger partial charge in [0.25, 0.3) is 0 Å². The van der Waals surface area contributed by atoms with Crippen LogP contribution in [0.1, 0.15) is 153 Å². The third-order valence-corrected chi connectivity index (χ3v) is 16.3. The van der Waals surface area contributed by atoms with Crippen LogP contribution in [0.25, 0.3) is 0 Å². The summed E-state index contributed by atoms with van der Waals surface area (Å²) in [5.41, 5.74) is 10.4. The minimum atomic E-state index is -0.828. The SMILES string of the molecule is CC.C[C@@H](C(=O)N[C@H]1CCS[C@H]2CCCC(C(=O)N[C@@H]3CCCc4ccccc43)N2C1=O)N(C)C(=O)OC(C)(C)C.N[C@H]1CCS[C@H]2CCCC(C(=O)N[C@@H]3CCCc4ccccc43)N2C1=O. The van der Waals surface area contributed by atoms with Gasteiger partial charge in [0.1, 0.15) is 29.8 Å². The summed E-state index contributed by atoms with van der Waals surface area (Å²) in [5.74, 6) is 0.733. The van der Waals surface area contributed by atoms with Crippen molar-refractivity contribution in [3.8, 4) is 0 Å². The van der Waals surface area contributed by atoms with Gasteiger partial charge in [0, 0.05) is 7.05 Å². The number of nitrogens with one attached hydrogen (secondary N) is 3. The number of ether oxygens (including phenoxy) is 1. The zero-order chi connectivity index (χ0) is 48.4. The van der Waals surface area contributed by atoms with Crippen LogP contribution in [-0.4, -0.2) is 115 Å². The van der Waals surface area contributed by atoms with Crippen molar-refractivity contribution < 1.29 is 33.5 Å². The fourth-order valence-electron chi connectivity index (χ4n) is 10.1. The van der Waals surface area contributed by atoms with Crippen molar-refractivity contribution in [1.29, 1.82) is 0 Å². The Morgan fingerprint density at radius 2 is 1.15 bits per heavy atom. The molecule has 4 aliphatic heterocycles. The number of piperidine rings is 2. The van der Waals surface area contributed by atoms with Gasteiger partial charge in [-0.15, -0.1) is 23.5 Å². The molecule has 6 aliphatic rings.